The van der Waals surface area contributed by atoms with E-state index in [-0.39, 0.29) is 5.69 Å². The Morgan fingerprint density at radius 1 is 1.46 bits per heavy atom. The summed E-state index contributed by atoms with van der Waals surface area (Å²) in [6.07, 6.45) is 5.14. The van der Waals surface area contributed by atoms with Crippen LogP contribution in [-0.2, 0) is 0 Å². The molecule has 0 aromatic heterocycles. The lowest BCUT2D eigenvalue weighted by Crippen LogP contribution is -2.07. The molecule has 1 rings (SSSR count). The molecule has 0 spiro atoms. The van der Waals surface area contributed by atoms with Crippen LogP contribution in [0.4, 0.5) is 11.4 Å². The molecule has 0 aliphatic heterocycles. The van der Waals surface area contributed by atoms with Crippen LogP contribution in [0.1, 0.15) is 0 Å². The highest BCUT2D eigenvalue weighted by Gasteiger charge is 2.04. The fraction of sp³-hybridized carbons (Fsp3) is 0.111. The molecule has 0 amide bonds. The van der Waals surface area contributed by atoms with Crippen LogP contribution in [0.3, 0.4) is 0 Å². The molecule has 4 heteroatoms. The minimum absolute atomic E-state index is 0.0640. The SMILES string of the molecule is C#CN(C)c1ccc([N+](=O)[O-])cc1. The summed E-state index contributed by atoms with van der Waals surface area (Å²) >= 11 is 0. The largest absolute Gasteiger partial charge is 0.305 e. The van der Waals surface area contributed by atoms with Gasteiger partial charge in [0, 0.05) is 30.9 Å². The molecule has 1 aromatic rings. The van der Waals surface area contributed by atoms with Gasteiger partial charge < -0.3 is 4.90 Å². The Labute approximate surface area is 75.9 Å². The Balaban J connectivity index is 2.95. The number of nitro benzene ring substituents is 1. The van der Waals surface area contributed by atoms with Gasteiger partial charge in [0.25, 0.3) is 5.69 Å². The Bertz CT molecular complexity index is 351. The summed E-state index contributed by atoms with van der Waals surface area (Å²) in [5.41, 5.74) is 0.822. The van der Waals surface area contributed by atoms with Crippen molar-refractivity contribution in [1.29, 1.82) is 0 Å². The van der Waals surface area contributed by atoms with E-state index >= 15 is 0 Å². The zero-order valence-electron chi connectivity index (χ0n) is 7.10. The van der Waals surface area contributed by atoms with Crippen LogP contribution in [0.25, 0.3) is 0 Å². The van der Waals surface area contributed by atoms with E-state index in [1.807, 2.05) is 0 Å². The van der Waals surface area contributed by atoms with Gasteiger partial charge in [0.15, 0.2) is 0 Å². The van der Waals surface area contributed by atoms with Crippen molar-refractivity contribution in [1.82, 2.24) is 0 Å². The molecule has 0 radical (unpaired) electrons. The van der Waals surface area contributed by atoms with Gasteiger partial charge in [-0.2, -0.15) is 0 Å². The Morgan fingerprint density at radius 2 is 2.00 bits per heavy atom. The molecule has 0 atom stereocenters. The normalized spacial score (nSPS) is 8.92. The monoisotopic (exact) mass is 176 g/mol. The van der Waals surface area contributed by atoms with E-state index < -0.39 is 4.92 Å². The van der Waals surface area contributed by atoms with Crippen LogP contribution in [0, 0.1) is 22.6 Å². The lowest BCUT2D eigenvalue weighted by atomic mass is 10.3. The Morgan fingerprint density at radius 3 is 2.38 bits per heavy atom. The molecule has 0 saturated heterocycles. The van der Waals surface area contributed by atoms with Crippen LogP contribution >= 0.6 is 0 Å². The number of benzene rings is 1. The average molecular weight is 176 g/mol. The molecule has 0 unspecified atom stereocenters. The maximum Gasteiger partial charge on any atom is 0.269 e. The molecular weight excluding hydrogens is 168 g/mol. The van der Waals surface area contributed by atoms with Gasteiger partial charge in [0.1, 0.15) is 0 Å². The van der Waals surface area contributed by atoms with E-state index in [2.05, 4.69) is 6.04 Å². The number of terminal acetylenes is 1. The second-order valence-corrected chi connectivity index (χ2v) is 2.46. The van der Waals surface area contributed by atoms with Crippen molar-refractivity contribution in [2.75, 3.05) is 11.9 Å². The van der Waals surface area contributed by atoms with Crippen LogP contribution in [0.2, 0.25) is 0 Å². The summed E-state index contributed by atoms with van der Waals surface area (Å²) in [6.45, 7) is 0. The van der Waals surface area contributed by atoms with Gasteiger partial charge in [-0.1, -0.05) is 6.42 Å². The molecule has 0 N–H and O–H groups in total. The van der Waals surface area contributed by atoms with Crippen molar-refractivity contribution in [2.24, 2.45) is 0 Å². The standard InChI is InChI=1S/C9H8N2O2/c1-3-10(2)8-4-6-9(7-5-8)11(12)13/h1,4-7H,2H3. The molecule has 0 heterocycles. The average Bonchev–Trinajstić information content (AvgIpc) is 2.17. The third kappa shape index (κ3) is 1.97. The van der Waals surface area contributed by atoms with Crippen molar-refractivity contribution in [2.45, 2.75) is 0 Å². The third-order valence-electron chi connectivity index (χ3n) is 1.64. The second-order valence-electron chi connectivity index (χ2n) is 2.46. The maximum absolute atomic E-state index is 10.3. The zero-order chi connectivity index (χ0) is 9.84. The summed E-state index contributed by atoms with van der Waals surface area (Å²) in [5, 5.41) is 10.3. The van der Waals surface area contributed by atoms with Gasteiger partial charge >= 0.3 is 0 Å². The van der Waals surface area contributed by atoms with Crippen LogP contribution in [-0.4, -0.2) is 12.0 Å². The van der Waals surface area contributed by atoms with Crippen molar-refractivity contribution in [3.05, 3.63) is 34.4 Å². The Hall–Kier alpha value is -2.02. The molecular formula is C9H8N2O2. The predicted molar refractivity (Wildman–Crippen MR) is 50.3 cm³/mol. The van der Waals surface area contributed by atoms with Crippen LogP contribution < -0.4 is 4.90 Å². The van der Waals surface area contributed by atoms with E-state index in [4.69, 9.17) is 6.42 Å². The van der Waals surface area contributed by atoms with Crippen LogP contribution in [0.5, 0.6) is 0 Å². The highest BCUT2D eigenvalue weighted by atomic mass is 16.6. The number of hydrogen-bond acceptors (Lipinski definition) is 3. The first-order chi connectivity index (χ1) is 6.15. The van der Waals surface area contributed by atoms with Gasteiger partial charge in [0.2, 0.25) is 0 Å². The van der Waals surface area contributed by atoms with E-state index in [0.717, 1.165) is 5.69 Å². The fourth-order valence-corrected chi connectivity index (χ4v) is 0.872. The van der Waals surface area contributed by atoms with E-state index in [1.165, 1.54) is 12.1 Å². The summed E-state index contributed by atoms with van der Waals surface area (Å²) < 4.78 is 0. The number of hydrogen-bond donors (Lipinski definition) is 0. The molecule has 0 saturated carbocycles. The number of nitrogens with zero attached hydrogens (tertiary/aromatic N) is 2. The van der Waals surface area contributed by atoms with E-state index in [9.17, 15) is 10.1 Å². The molecule has 0 bridgehead atoms. The van der Waals surface area contributed by atoms with Gasteiger partial charge in [-0.15, -0.1) is 0 Å². The maximum atomic E-state index is 10.3. The quantitative estimate of drug-likeness (QED) is 0.298. The van der Waals surface area contributed by atoms with Gasteiger partial charge in [0.05, 0.1) is 4.92 Å². The minimum Gasteiger partial charge on any atom is -0.305 e. The number of rotatable bonds is 2. The molecule has 0 aliphatic rings. The Kier molecular flexibility index (Phi) is 2.50. The van der Waals surface area contributed by atoms with Gasteiger partial charge in [-0.05, 0) is 12.1 Å². The molecule has 66 valence electrons. The summed E-state index contributed by atoms with van der Waals surface area (Å²) in [4.78, 5) is 11.4. The van der Waals surface area contributed by atoms with Gasteiger partial charge in [-0.25, -0.2) is 0 Å². The first-order valence-electron chi connectivity index (χ1n) is 3.59. The topological polar surface area (TPSA) is 46.4 Å². The fourth-order valence-electron chi connectivity index (χ4n) is 0.872. The first kappa shape index (κ1) is 9.07. The molecule has 0 aliphatic carbocycles. The van der Waals surface area contributed by atoms with E-state index in [1.54, 1.807) is 24.1 Å². The summed E-state index contributed by atoms with van der Waals surface area (Å²) in [7, 11) is 1.71. The summed E-state index contributed by atoms with van der Waals surface area (Å²) in [6, 6.07) is 8.45. The highest BCUT2D eigenvalue weighted by Crippen LogP contribution is 2.17. The van der Waals surface area contributed by atoms with Crippen molar-refractivity contribution in [3.63, 3.8) is 0 Å². The highest BCUT2D eigenvalue weighted by molar-refractivity contribution is 5.53. The minimum atomic E-state index is -0.445. The van der Waals surface area contributed by atoms with Crippen LogP contribution in [0.15, 0.2) is 24.3 Å². The van der Waals surface area contributed by atoms with E-state index in [0.29, 0.717) is 0 Å². The van der Waals surface area contributed by atoms with Gasteiger partial charge in [-0.3, -0.25) is 10.1 Å². The van der Waals surface area contributed by atoms with Crippen molar-refractivity contribution < 1.29 is 4.92 Å². The van der Waals surface area contributed by atoms with Crippen molar-refractivity contribution >= 4 is 11.4 Å². The molecule has 0 fully saturated rings. The number of nitro groups is 1. The predicted octanol–water partition coefficient (Wildman–Crippen LogP) is 1.62. The number of anilines is 1. The lowest BCUT2D eigenvalue weighted by Gasteiger charge is -2.09. The molecule has 1 aromatic carbocycles. The summed E-state index contributed by atoms with van der Waals surface area (Å²) in [5.74, 6) is 0. The lowest BCUT2D eigenvalue weighted by molar-refractivity contribution is -0.384. The van der Waals surface area contributed by atoms with Crippen molar-refractivity contribution in [3.8, 4) is 12.5 Å². The first-order valence-corrected chi connectivity index (χ1v) is 3.59. The number of non-ortho nitro benzene ring substituents is 1. The zero-order valence-corrected chi connectivity index (χ0v) is 7.10. The third-order valence-corrected chi connectivity index (χ3v) is 1.64. The molecule has 13 heavy (non-hydrogen) atoms. The second kappa shape index (κ2) is 3.59. The molecule has 4 nitrogen and oxygen atoms in total. The smallest absolute Gasteiger partial charge is 0.269 e.